The first kappa shape index (κ1) is 17.0. The van der Waals surface area contributed by atoms with E-state index in [-0.39, 0.29) is 26.7 Å². The van der Waals surface area contributed by atoms with Gasteiger partial charge in [-0.2, -0.15) is 8.42 Å². The highest BCUT2D eigenvalue weighted by atomic mass is 35.5. The zero-order valence-electron chi connectivity index (χ0n) is 12.3. The molecular formula is C16H10Cl2FNO3S. The largest absolute Gasteiger partial charge is 0.375 e. The van der Waals surface area contributed by atoms with E-state index in [1.807, 2.05) is 0 Å². The van der Waals surface area contributed by atoms with Crippen molar-refractivity contribution in [1.82, 2.24) is 4.98 Å². The van der Waals surface area contributed by atoms with Gasteiger partial charge in [-0.1, -0.05) is 23.2 Å². The van der Waals surface area contributed by atoms with E-state index in [4.69, 9.17) is 27.4 Å². The molecule has 0 radical (unpaired) electrons. The second kappa shape index (κ2) is 6.20. The maximum atomic E-state index is 13.3. The average Bonchev–Trinajstić information content (AvgIpc) is 2.54. The topological polar surface area (TPSA) is 56.3 Å². The zero-order valence-corrected chi connectivity index (χ0v) is 14.6. The molecule has 0 saturated carbocycles. The van der Waals surface area contributed by atoms with Crippen molar-refractivity contribution < 1.29 is 17.0 Å². The van der Waals surface area contributed by atoms with Crippen molar-refractivity contribution in [3.63, 3.8) is 0 Å². The third-order valence-electron chi connectivity index (χ3n) is 3.36. The number of aromatic nitrogens is 1. The zero-order chi connectivity index (χ0) is 17.5. The van der Waals surface area contributed by atoms with E-state index in [1.54, 1.807) is 12.1 Å². The first-order valence-electron chi connectivity index (χ1n) is 6.73. The van der Waals surface area contributed by atoms with Gasteiger partial charge in [0.2, 0.25) is 0 Å². The van der Waals surface area contributed by atoms with Gasteiger partial charge in [-0.15, -0.1) is 0 Å². The van der Waals surface area contributed by atoms with Gasteiger partial charge < -0.3 is 4.18 Å². The molecule has 1 heterocycles. The van der Waals surface area contributed by atoms with E-state index in [1.165, 1.54) is 25.3 Å². The Morgan fingerprint density at radius 1 is 1.12 bits per heavy atom. The molecule has 0 fully saturated rings. The van der Waals surface area contributed by atoms with Crippen LogP contribution in [0.1, 0.15) is 5.56 Å². The minimum absolute atomic E-state index is 0.00797. The van der Waals surface area contributed by atoms with Crippen LogP contribution in [0, 0.1) is 12.7 Å². The molecule has 0 aliphatic heterocycles. The van der Waals surface area contributed by atoms with Gasteiger partial charge in [0.05, 0.1) is 10.0 Å². The molecule has 4 nitrogen and oxygen atoms in total. The van der Waals surface area contributed by atoms with Crippen LogP contribution in [0.2, 0.25) is 10.0 Å². The van der Waals surface area contributed by atoms with Crippen molar-refractivity contribution in [3.05, 3.63) is 64.0 Å². The number of rotatable bonds is 3. The molecule has 0 spiro atoms. The Bertz CT molecular complexity index is 1050. The number of hydrogen-bond donors (Lipinski definition) is 0. The van der Waals surface area contributed by atoms with Crippen LogP contribution >= 0.6 is 23.2 Å². The molecule has 124 valence electrons. The van der Waals surface area contributed by atoms with E-state index >= 15 is 0 Å². The lowest BCUT2D eigenvalue weighted by Crippen LogP contribution is -2.11. The molecule has 2 aromatic carbocycles. The Labute approximate surface area is 147 Å². The number of aryl methyl sites for hydroxylation is 1. The lowest BCUT2D eigenvalue weighted by molar-refractivity contribution is 0.488. The summed E-state index contributed by atoms with van der Waals surface area (Å²) in [4.78, 5) is 3.91. The van der Waals surface area contributed by atoms with Crippen LogP contribution < -0.4 is 4.18 Å². The number of benzene rings is 2. The Morgan fingerprint density at radius 3 is 2.58 bits per heavy atom. The van der Waals surface area contributed by atoms with Gasteiger partial charge in [0, 0.05) is 11.6 Å². The molecule has 8 heteroatoms. The van der Waals surface area contributed by atoms with Crippen molar-refractivity contribution in [1.29, 1.82) is 0 Å². The van der Waals surface area contributed by atoms with Crippen molar-refractivity contribution in [2.75, 3.05) is 0 Å². The second-order valence-corrected chi connectivity index (χ2v) is 7.38. The van der Waals surface area contributed by atoms with Crippen LogP contribution in [0.4, 0.5) is 4.39 Å². The van der Waals surface area contributed by atoms with E-state index in [9.17, 15) is 12.8 Å². The first-order valence-corrected chi connectivity index (χ1v) is 8.89. The summed E-state index contributed by atoms with van der Waals surface area (Å²) in [6.45, 7) is 1.46. The summed E-state index contributed by atoms with van der Waals surface area (Å²) in [5.74, 6) is -0.635. The van der Waals surface area contributed by atoms with Gasteiger partial charge in [-0.05, 0) is 48.9 Å². The first-order chi connectivity index (χ1) is 11.3. The summed E-state index contributed by atoms with van der Waals surface area (Å²) < 4.78 is 43.5. The monoisotopic (exact) mass is 385 g/mol. The van der Waals surface area contributed by atoms with Crippen molar-refractivity contribution in [2.24, 2.45) is 0 Å². The smallest absolute Gasteiger partial charge is 0.339 e. The molecule has 0 N–H and O–H groups in total. The lowest BCUT2D eigenvalue weighted by atomic mass is 10.2. The Kier molecular flexibility index (Phi) is 4.38. The quantitative estimate of drug-likeness (QED) is 0.610. The number of hydrogen-bond acceptors (Lipinski definition) is 4. The third kappa shape index (κ3) is 3.05. The standard InChI is InChI=1S/C16H10Cl2FNO3S/c1-9-7-10(4-5-14(9)19)24(21,22)23-16-13(18)8-12(17)11-3-2-6-20-15(11)16/h2-8H,1H3. The molecule has 0 bridgehead atoms. The molecule has 0 atom stereocenters. The molecule has 0 amide bonds. The molecule has 0 aliphatic rings. The van der Waals surface area contributed by atoms with Gasteiger partial charge in [-0.25, -0.2) is 4.39 Å². The van der Waals surface area contributed by atoms with Gasteiger partial charge in [-0.3, -0.25) is 4.98 Å². The molecule has 0 aliphatic carbocycles. The Balaban J connectivity index is 2.14. The van der Waals surface area contributed by atoms with Crippen LogP contribution in [0.5, 0.6) is 5.75 Å². The minimum atomic E-state index is -4.21. The molecule has 24 heavy (non-hydrogen) atoms. The Hall–Kier alpha value is -1.89. The second-order valence-electron chi connectivity index (χ2n) is 5.02. The predicted molar refractivity (Wildman–Crippen MR) is 90.7 cm³/mol. The molecule has 3 rings (SSSR count). The summed E-state index contributed by atoms with van der Waals surface area (Å²) in [6, 6.07) is 8.08. The maximum Gasteiger partial charge on any atom is 0.339 e. The van der Waals surface area contributed by atoms with Crippen LogP contribution in [0.25, 0.3) is 10.9 Å². The summed E-state index contributed by atoms with van der Waals surface area (Å²) in [5.41, 5.74) is 0.405. The highest BCUT2D eigenvalue weighted by Gasteiger charge is 2.22. The van der Waals surface area contributed by atoms with Crippen LogP contribution in [0.3, 0.4) is 0 Å². The number of fused-ring (bicyclic) bond motifs is 1. The molecule has 0 saturated heterocycles. The summed E-state index contributed by atoms with van der Waals surface area (Å²) in [5, 5.41) is 0.836. The minimum Gasteiger partial charge on any atom is -0.375 e. The molecular weight excluding hydrogens is 376 g/mol. The fraction of sp³-hybridized carbons (Fsp3) is 0.0625. The van der Waals surface area contributed by atoms with Crippen molar-refractivity contribution in [2.45, 2.75) is 11.8 Å². The predicted octanol–water partition coefficient (Wildman–Crippen LogP) is 4.76. The summed E-state index contributed by atoms with van der Waals surface area (Å²) in [6.07, 6.45) is 1.47. The summed E-state index contributed by atoms with van der Waals surface area (Å²) >= 11 is 12.2. The fourth-order valence-corrected chi connectivity index (χ4v) is 3.80. The number of halogens is 3. The SMILES string of the molecule is Cc1cc(S(=O)(=O)Oc2c(Cl)cc(Cl)c3cccnc23)ccc1F. The van der Waals surface area contributed by atoms with Gasteiger partial charge in [0.15, 0.2) is 5.75 Å². The Morgan fingerprint density at radius 2 is 1.88 bits per heavy atom. The maximum absolute atomic E-state index is 13.3. The van der Waals surface area contributed by atoms with Crippen LogP contribution in [-0.2, 0) is 10.1 Å². The molecule has 3 aromatic rings. The highest BCUT2D eigenvalue weighted by Crippen LogP contribution is 2.38. The van der Waals surface area contributed by atoms with E-state index in [2.05, 4.69) is 4.98 Å². The van der Waals surface area contributed by atoms with E-state index in [0.29, 0.717) is 10.4 Å². The van der Waals surface area contributed by atoms with Crippen LogP contribution in [-0.4, -0.2) is 13.4 Å². The van der Waals surface area contributed by atoms with Gasteiger partial charge in [0.25, 0.3) is 0 Å². The number of nitrogens with zero attached hydrogens (tertiary/aromatic N) is 1. The molecule has 1 aromatic heterocycles. The molecule has 0 unspecified atom stereocenters. The van der Waals surface area contributed by atoms with E-state index in [0.717, 1.165) is 12.1 Å². The van der Waals surface area contributed by atoms with Gasteiger partial charge >= 0.3 is 10.1 Å². The van der Waals surface area contributed by atoms with Gasteiger partial charge in [0.1, 0.15) is 16.2 Å². The summed E-state index contributed by atoms with van der Waals surface area (Å²) in [7, 11) is -4.21. The third-order valence-corrected chi connectivity index (χ3v) is 5.17. The lowest BCUT2D eigenvalue weighted by Gasteiger charge is -2.12. The van der Waals surface area contributed by atoms with Crippen LogP contribution in [0.15, 0.2) is 47.5 Å². The van der Waals surface area contributed by atoms with E-state index < -0.39 is 15.9 Å². The van der Waals surface area contributed by atoms with Crippen molar-refractivity contribution in [3.8, 4) is 5.75 Å². The average molecular weight is 386 g/mol. The van der Waals surface area contributed by atoms with Crippen molar-refractivity contribution >= 4 is 44.2 Å². The number of pyridine rings is 1. The highest BCUT2D eigenvalue weighted by molar-refractivity contribution is 7.87. The fourth-order valence-electron chi connectivity index (χ4n) is 2.16. The normalized spacial score (nSPS) is 11.7.